The second-order valence-corrected chi connectivity index (χ2v) is 11.5. The van der Waals surface area contributed by atoms with E-state index in [4.69, 9.17) is 10.7 Å². The summed E-state index contributed by atoms with van der Waals surface area (Å²) in [5.41, 5.74) is 10.7. The first-order valence-electron chi connectivity index (χ1n) is 11.4. The van der Waals surface area contributed by atoms with Gasteiger partial charge in [-0.25, -0.2) is 15.0 Å². The van der Waals surface area contributed by atoms with Gasteiger partial charge in [0.05, 0.1) is 0 Å². The third kappa shape index (κ3) is 4.60. The van der Waals surface area contributed by atoms with Gasteiger partial charge in [0.2, 0.25) is 0 Å². The first-order valence-corrected chi connectivity index (χ1v) is 13.1. The number of Topliss-reactive ketones (excluding diaryl/α,β-unsaturated/α-hetero) is 1. The molecule has 1 aliphatic carbocycles. The van der Waals surface area contributed by atoms with Crippen molar-refractivity contribution >= 4 is 45.9 Å². The summed E-state index contributed by atoms with van der Waals surface area (Å²) < 4.78 is 2.12. The van der Waals surface area contributed by atoms with Crippen molar-refractivity contribution in [3.05, 3.63) is 47.1 Å². The van der Waals surface area contributed by atoms with Gasteiger partial charge in [0.15, 0.2) is 27.9 Å². The van der Waals surface area contributed by atoms with E-state index in [9.17, 15) is 4.79 Å². The summed E-state index contributed by atoms with van der Waals surface area (Å²) >= 11 is 3.27. The molecule has 1 aromatic carbocycles. The van der Waals surface area contributed by atoms with Gasteiger partial charge in [0, 0.05) is 39.4 Å². The first-order chi connectivity index (χ1) is 16.3. The average molecular weight is 493 g/mol. The maximum Gasteiger partial charge on any atom is 0.175 e. The average Bonchev–Trinajstić information content (AvgIpc) is 3.51. The Kier molecular flexibility index (Phi) is 6.18. The number of anilines is 1. The van der Waals surface area contributed by atoms with Crippen molar-refractivity contribution in [1.82, 2.24) is 24.8 Å². The minimum Gasteiger partial charge on any atom is -0.382 e. The lowest BCUT2D eigenvalue weighted by Gasteiger charge is -2.20. The Hall–Kier alpha value is -2.75. The van der Waals surface area contributed by atoms with E-state index in [1.165, 1.54) is 11.2 Å². The van der Waals surface area contributed by atoms with Crippen LogP contribution in [0.3, 0.4) is 0 Å². The van der Waals surface area contributed by atoms with Gasteiger partial charge in [-0.1, -0.05) is 17.8 Å². The van der Waals surface area contributed by atoms with Crippen molar-refractivity contribution in [3.8, 4) is 10.4 Å². The van der Waals surface area contributed by atoms with Crippen LogP contribution >= 0.6 is 23.1 Å². The monoisotopic (exact) mass is 492 g/mol. The molecule has 0 fully saturated rings. The van der Waals surface area contributed by atoms with Crippen molar-refractivity contribution in [2.75, 3.05) is 12.3 Å². The topological polar surface area (TPSA) is 98.7 Å². The van der Waals surface area contributed by atoms with Crippen LogP contribution in [0.5, 0.6) is 0 Å². The number of hydrogen-bond donors (Lipinski definition) is 2. The predicted molar refractivity (Wildman–Crippen MR) is 139 cm³/mol. The van der Waals surface area contributed by atoms with Crippen LogP contribution in [0.4, 0.5) is 5.82 Å². The van der Waals surface area contributed by atoms with Crippen LogP contribution in [-0.2, 0) is 13.0 Å². The van der Waals surface area contributed by atoms with Crippen LogP contribution < -0.4 is 11.1 Å². The first kappa shape index (κ1) is 23.0. The fourth-order valence-corrected chi connectivity index (χ4v) is 6.09. The Bertz CT molecular complexity index is 1350. The van der Waals surface area contributed by atoms with E-state index >= 15 is 0 Å². The molecule has 4 aromatic rings. The van der Waals surface area contributed by atoms with Crippen LogP contribution in [0.25, 0.3) is 21.6 Å². The minimum atomic E-state index is 0.0632. The molecule has 176 valence electrons. The molecule has 0 saturated carbocycles. The van der Waals surface area contributed by atoms with E-state index in [-0.39, 0.29) is 11.3 Å². The lowest BCUT2D eigenvalue weighted by atomic mass is 10.0. The Morgan fingerprint density at radius 2 is 2.06 bits per heavy atom. The Labute approximate surface area is 207 Å². The fourth-order valence-electron chi connectivity index (χ4n) is 4.20. The number of thiophene rings is 1. The molecule has 34 heavy (non-hydrogen) atoms. The zero-order valence-electron chi connectivity index (χ0n) is 19.6. The summed E-state index contributed by atoms with van der Waals surface area (Å²) in [6.45, 7) is 8.11. The summed E-state index contributed by atoms with van der Waals surface area (Å²) in [4.78, 5) is 28.2. The lowest BCUT2D eigenvalue weighted by Crippen LogP contribution is -2.36. The molecule has 3 heterocycles. The van der Waals surface area contributed by atoms with E-state index < -0.39 is 0 Å². The van der Waals surface area contributed by atoms with Crippen LogP contribution in [-0.4, -0.2) is 37.4 Å². The molecule has 3 N–H and O–H groups in total. The number of nitrogens with zero attached hydrogens (tertiary/aromatic N) is 4. The number of aryl methyl sites for hydroxylation is 2. The number of rotatable bonds is 7. The zero-order chi connectivity index (χ0) is 23.9. The summed E-state index contributed by atoms with van der Waals surface area (Å²) in [7, 11) is 0. The normalized spacial score (nSPS) is 13.7. The molecule has 0 unspecified atom stereocenters. The molecule has 0 bridgehead atoms. The quantitative estimate of drug-likeness (QED) is 0.342. The molecule has 0 amide bonds. The SMILES string of the molecule is CC(C)(C)NCCCn1c(Sc2cc3c(cc2-c2cccs2)CCC3=O)nc2c(N)ncnc21. The second kappa shape index (κ2) is 9.13. The third-order valence-electron chi connectivity index (χ3n) is 5.85. The van der Waals surface area contributed by atoms with Gasteiger partial charge in [-0.15, -0.1) is 11.3 Å². The largest absolute Gasteiger partial charge is 0.382 e. The number of nitrogens with two attached hydrogens (primary N) is 1. The van der Waals surface area contributed by atoms with Gasteiger partial charge >= 0.3 is 0 Å². The van der Waals surface area contributed by atoms with E-state index in [1.54, 1.807) is 23.1 Å². The number of ketones is 1. The van der Waals surface area contributed by atoms with E-state index in [2.05, 4.69) is 64.2 Å². The lowest BCUT2D eigenvalue weighted by molar-refractivity contribution is 0.0994. The van der Waals surface area contributed by atoms with Crippen LogP contribution in [0, 0.1) is 0 Å². The van der Waals surface area contributed by atoms with Crippen molar-refractivity contribution < 1.29 is 4.79 Å². The number of benzene rings is 1. The van der Waals surface area contributed by atoms with E-state index in [0.717, 1.165) is 58.3 Å². The number of fused-ring (bicyclic) bond motifs is 2. The van der Waals surface area contributed by atoms with Gasteiger partial charge in [0.25, 0.3) is 0 Å². The molecule has 7 nitrogen and oxygen atoms in total. The summed E-state index contributed by atoms with van der Waals surface area (Å²) in [5.74, 6) is 0.590. The molecule has 0 spiro atoms. The van der Waals surface area contributed by atoms with Gasteiger partial charge in [-0.3, -0.25) is 4.79 Å². The van der Waals surface area contributed by atoms with Gasteiger partial charge in [-0.2, -0.15) is 0 Å². The number of nitrogens with one attached hydrogen (secondary N) is 1. The molecule has 5 rings (SSSR count). The standard InChI is InChI=1S/C25H28N6OS2/c1-25(2,3)29-9-5-10-31-23-21(22(26)27-14-28-23)30-24(31)34-20-13-16-15(7-8-18(16)32)12-17(20)19-6-4-11-33-19/h4,6,11-14,29H,5,7-10H2,1-3H3,(H2,26,27,28). The van der Waals surface area contributed by atoms with Gasteiger partial charge < -0.3 is 15.6 Å². The van der Waals surface area contributed by atoms with E-state index in [1.807, 2.05) is 6.07 Å². The Morgan fingerprint density at radius 1 is 1.21 bits per heavy atom. The number of carbonyl (C=O) groups excluding carboxylic acids is 1. The van der Waals surface area contributed by atoms with Gasteiger partial charge in [0.1, 0.15) is 6.33 Å². The highest BCUT2D eigenvalue weighted by Gasteiger charge is 2.24. The maximum absolute atomic E-state index is 12.5. The molecule has 0 atom stereocenters. The molecule has 3 aromatic heterocycles. The molecule has 0 aliphatic heterocycles. The summed E-state index contributed by atoms with van der Waals surface area (Å²) in [6.07, 6.45) is 3.80. The van der Waals surface area contributed by atoms with Crippen molar-refractivity contribution in [2.24, 2.45) is 0 Å². The molecular weight excluding hydrogens is 464 g/mol. The molecular formula is C25H28N6OS2. The van der Waals surface area contributed by atoms with Gasteiger partial charge in [-0.05, 0) is 69.3 Å². The maximum atomic E-state index is 12.5. The van der Waals surface area contributed by atoms with Crippen LogP contribution in [0.15, 0.2) is 46.0 Å². The smallest absolute Gasteiger partial charge is 0.175 e. The predicted octanol–water partition coefficient (Wildman–Crippen LogP) is 5.20. The van der Waals surface area contributed by atoms with Crippen molar-refractivity contribution in [2.45, 2.75) is 62.2 Å². The van der Waals surface area contributed by atoms with Crippen LogP contribution in [0.1, 0.15) is 49.5 Å². The number of imidazole rings is 1. The van der Waals surface area contributed by atoms with Crippen molar-refractivity contribution in [3.63, 3.8) is 0 Å². The molecule has 9 heteroatoms. The highest BCUT2D eigenvalue weighted by molar-refractivity contribution is 7.99. The zero-order valence-corrected chi connectivity index (χ0v) is 21.2. The van der Waals surface area contributed by atoms with E-state index in [0.29, 0.717) is 17.8 Å². The third-order valence-corrected chi connectivity index (χ3v) is 7.81. The highest BCUT2D eigenvalue weighted by Crippen LogP contribution is 2.42. The number of carbonyl (C=O) groups is 1. The molecule has 0 saturated heterocycles. The summed E-state index contributed by atoms with van der Waals surface area (Å²) in [6, 6.07) is 8.41. The van der Waals surface area contributed by atoms with Crippen molar-refractivity contribution in [1.29, 1.82) is 0 Å². The molecule has 1 aliphatic rings. The molecule has 0 radical (unpaired) electrons. The minimum absolute atomic E-state index is 0.0632. The highest BCUT2D eigenvalue weighted by atomic mass is 32.2. The number of hydrogen-bond acceptors (Lipinski definition) is 8. The number of nitrogen functional groups attached to an aromatic ring is 1. The summed E-state index contributed by atoms with van der Waals surface area (Å²) in [5, 5.41) is 6.43. The fraction of sp³-hybridized carbons (Fsp3) is 0.360. The van der Waals surface area contributed by atoms with Crippen LogP contribution in [0.2, 0.25) is 0 Å². The Balaban J connectivity index is 1.54. The number of aromatic nitrogens is 4. The Morgan fingerprint density at radius 3 is 2.82 bits per heavy atom. The second-order valence-electron chi connectivity index (χ2n) is 9.52.